The molecule has 0 spiro atoms. The van der Waals surface area contributed by atoms with E-state index >= 15 is 0 Å². The summed E-state index contributed by atoms with van der Waals surface area (Å²) in [5, 5.41) is 0. The summed E-state index contributed by atoms with van der Waals surface area (Å²) in [6, 6.07) is 11.7. The second kappa shape index (κ2) is 7.63. The highest BCUT2D eigenvalue weighted by Gasteiger charge is 2.27. The first-order chi connectivity index (χ1) is 10.3. The number of rotatable bonds is 4. The Morgan fingerprint density at radius 2 is 1.62 bits per heavy atom. The molecule has 4 heteroatoms. The number of nitrogens with zero attached hydrogens (tertiary/aromatic N) is 3. The summed E-state index contributed by atoms with van der Waals surface area (Å²) in [6.07, 6.45) is 4.87. The molecule has 1 aromatic rings. The molecule has 0 saturated carbocycles. The van der Waals surface area contributed by atoms with Crippen LogP contribution in [-0.2, 0) is 6.54 Å². The number of benzene rings is 1. The molecule has 3 nitrogen and oxygen atoms in total. The molecule has 2 fully saturated rings. The van der Waals surface area contributed by atoms with Crippen LogP contribution in [0.25, 0.3) is 0 Å². The summed E-state index contributed by atoms with van der Waals surface area (Å²) in [5.41, 5.74) is 1.45. The third-order valence-corrected chi connectivity index (χ3v) is 5.74. The predicted octanol–water partition coefficient (Wildman–Crippen LogP) is 2.55. The van der Waals surface area contributed by atoms with E-state index in [2.05, 4.69) is 50.7 Å². The highest BCUT2D eigenvalue weighted by molar-refractivity contribution is 7.96. The Kier molecular flexibility index (Phi) is 5.58. The lowest BCUT2D eigenvalue weighted by Gasteiger charge is -2.42. The quantitative estimate of drug-likeness (QED) is 0.791. The summed E-state index contributed by atoms with van der Waals surface area (Å²) in [7, 11) is 0. The van der Waals surface area contributed by atoms with Crippen LogP contribution < -0.4 is 0 Å². The van der Waals surface area contributed by atoms with Gasteiger partial charge in [0, 0.05) is 38.8 Å². The van der Waals surface area contributed by atoms with E-state index in [4.69, 9.17) is 0 Å². The minimum Gasteiger partial charge on any atom is -0.299 e. The van der Waals surface area contributed by atoms with Crippen molar-refractivity contribution in [2.75, 3.05) is 45.5 Å². The van der Waals surface area contributed by atoms with Crippen LogP contribution in [0.4, 0.5) is 0 Å². The SMILES string of the molecule is CSN1CCN(C2CCN(Cc3ccccc3)CC2)CC1. The maximum absolute atomic E-state index is 2.73. The maximum atomic E-state index is 2.73. The fourth-order valence-corrected chi connectivity index (χ4v) is 4.06. The van der Waals surface area contributed by atoms with E-state index < -0.39 is 0 Å². The first-order valence-corrected chi connectivity index (χ1v) is 9.32. The van der Waals surface area contributed by atoms with E-state index in [1.165, 1.54) is 57.7 Å². The molecule has 21 heavy (non-hydrogen) atoms. The smallest absolute Gasteiger partial charge is 0.0233 e. The molecule has 1 aromatic carbocycles. The van der Waals surface area contributed by atoms with Gasteiger partial charge in [-0.1, -0.05) is 42.3 Å². The molecule has 2 saturated heterocycles. The van der Waals surface area contributed by atoms with Crippen molar-refractivity contribution in [3.63, 3.8) is 0 Å². The van der Waals surface area contributed by atoms with Gasteiger partial charge in [0.2, 0.25) is 0 Å². The summed E-state index contributed by atoms with van der Waals surface area (Å²) in [5.74, 6) is 0. The Hall–Kier alpha value is -0.550. The van der Waals surface area contributed by atoms with E-state index in [1.54, 1.807) is 0 Å². The van der Waals surface area contributed by atoms with Gasteiger partial charge >= 0.3 is 0 Å². The van der Waals surface area contributed by atoms with Crippen molar-refractivity contribution in [2.24, 2.45) is 0 Å². The first-order valence-electron chi connectivity index (χ1n) is 8.14. The van der Waals surface area contributed by atoms with Crippen molar-refractivity contribution in [3.05, 3.63) is 35.9 Å². The molecule has 0 unspecified atom stereocenters. The molecule has 0 aromatic heterocycles. The van der Waals surface area contributed by atoms with Gasteiger partial charge in [0.1, 0.15) is 0 Å². The maximum Gasteiger partial charge on any atom is 0.0233 e. The minimum absolute atomic E-state index is 0.820. The average molecular weight is 305 g/mol. The molecule has 0 bridgehead atoms. The molecule has 3 rings (SSSR count). The summed E-state index contributed by atoms with van der Waals surface area (Å²) >= 11 is 1.89. The van der Waals surface area contributed by atoms with Crippen molar-refractivity contribution in [2.45, 2.75) is 25.4 Å². The molecular weight excluding hydrogens is 278 g/mol. The van der Waals surface area contributed by atoms with Gasteiger partial charge in [-0.2, -0.15) is 0 Å². The fraction of sp³-hybridized carbons (Fsp3) is 0.647. The fourth-order valence-electron chi connectivity index (χ4n) is 3.54. The number of hydrogen-bond acceptors (Lipinski definition) is 4. The van der Waals surface area contributed by atoms with Crippen molar-refractivity contribution < 1.29 is 0 Å². The van der Waals surface area contributed by atoms with E-state index in [9.17, 15) is 0 Å². The molecule has 2 heterocycles. The molecule has 0 aliphatic carbocycles. The molecule has 2 aliphatic rings. The van der Waals surface area contributed by atoms with Gasteiger partial charge in [0.25, 0.3) is 0 Å². The van der Waals surface area contributed by atoms with E-state index in [0.29, 0.717) is 0 Å². The Morgan fingerprint density at radius 3 is 2.24 bits per heavy atom. The topological polar surface area (TPSA) is 9.72 Å². The summed E-state index contributed by atoms with van der Waals surface area (Å²) in [6.45, 7) is 8.59. The van der Waals surface area contributed by atoms with Gasteiger partial charge in [0.15, 0.2) is 0 Å². The van der Waals surface area contributed by atoms with E-state index in [-0.39, 0.29) is 0 Å². The van der Waals surface area contributed by atoms with Crippen molar-refractivity contribution in [1.82, 2.24) is 14.1 Å². The van der Waals surface area contributed by atoms with E-state index in [1.807, 2.05) is 11.9 Å². The number of hydrogen-bond donors (Lipinski definition) is 0. The van der Waals surface area contributed by atoms with Gasteiger partial charge in [-0.25, -0.2) is 4.31 Å². The lowest BCUT2D eigenvalue weighted by molar-refractivity contribution is 0.0808. The van der Waals surface area contributed by atoms with Crippen LogP contribution in [0.3, 0.4) is 0 Å². The third kappa shape index (κ3) is 4.22. The van der Waals surface area contributed by atoms with Crippen molar-refractivity contribution >= 4 is 11.9 Å². The zero-order valence-corrected chi connectivity index (χ0v) is 13.9. The predicted molar refractivity (Wildman–Crippen MR) is 91.4 cm³/mol. The lowest BCUT2D eigenvalue weighted by Crippen LogP contribution is -2.51. The molecule has 0 N–H and O–H groups in total. The Morgan fingerprint density at radius 1 is 0.952 bits per heavy atom. The third-order valence-electron chi connectivity index (χ3n) is 4.85. The van der Waals surface area contributed by atoms with Gasteiger partial charge in [-0.3, -0.25) is 9.80 Å². The van der Waals surface area contributed by atoms with Crippen molar-refractivity contribution in [3.8, 4) is 0 Å². The zero-order chi connectivity index (χ0) is 14.5. The lowest BCUT2D eigenvalue weighted by atomic mass is 10.0. The van der Waals surface area contributed by atoms with Crippen molar-refractivity contribution in [1.29, 1.82) is 0 Å². The molecule has 0 amide bonds. The van der Waals surface area contributed by atoms with Crippen LogP contribution in [0, 0.1) is 0 Å². The average Bonchev–Trinajstić information content (AvgIpc) is 2.57. The second-order valence-electron chi connectivity index (χ2n) is 6.14. The van der Waals surface area contributed by atoms with Gasteiger partial charge in [-0.05, 0) is 37.8 Å². The van der Waals surface area contributed by atoms with E-state index in [0.717, 1.165) is 12.6 Å². The summed E-state index contributed by atoms with van der Waals surface area (Å²) < 4.78 is 2.49. The number of piperidine rings is 1. The highest BCUT2D eigenvalue weighted by atomic mass is 32.2. The van der Waals surface area contributed by atoms with Gasteiger partial charge in [0.05, 0.1) is 0 Å². The normalized spacial score (nSPS) is 23.5. The van der Waals surface area contributed by atoms with Crippen LogP contribution in [0.15, 0.2) is 30.3 Å². The van der Waals surface area contributed by atoms with Crippen LogP contribution in [0.2, 0.25) is 0 Å². The largest absolute Gasteiger partial charge is 0.299 e. The molecule has 0 radical (unpaired) electrons. The zero-order valence-electron chi connectivity index (χ0n) is 13.1. The monoisotopic (exact) mass is 305 g/mol. The van der Waals surface area contributed by atoms with Crippen LogP contribution in [-0.4, -0.2) is 65.7 Å². The van der Waals surface area contributed by atoms with Crippen LogP contribution in [0.5, 0.6) is 0 Å². The molecule has 0 atom stereocenters. The Balaban J connectivity index is 1.43. The highest BCUT2D eigenvalue weighted by Crippen LogP contribution is 2.21. The standard InChI is InChI=1S/C17H27N3S/c1-21-20-13-11-19(12-14-20)17-7-9-18(10-8-17)15-16-5-3-2-4-6-16/h2-6,17H,7-15H2,1H3. The Labute approximate surface area is 133 Å². The first kappa shape index (κ1) is 15.3. The number of piperazine rings is 1. The molecule has 116 valence electrons. The number of likely N-dealkylation sites (tertiary alicyclic amines) is 1. The second-order valence-corrected chi connectivity index (χ2v) is 7.02. The van der Waals surface area contributed by atoms with Gasteiger partial charge < -0.3 is 0 Å². The minimum atomic E-state index is 0.820. The molecular formula is C17H27N3S. The van der Waals surface area contributed by atoms with Gasteiger partial charge in [-0.15, -0.1) is 0 Å². The Bertz CT molecular complexity index is 409. The molecule has 2 aliphatic heterocycles. The van der Waals surface area contributed by atoms with Crippen LogP contribution in [0.1, 0.15) is 18.4 Å². The summed E-state index contributed by atoms with van der Waals surface area (Å²) in [4.78, 5) is 5.34. The van der Waals surface area contributed by atoms with Crippen LogP contribution >= 0.6 is 11.9 Å².